The fourth-order valence-corrected chi connectivity index (χ4v) is 2.38. The van der Waals surface area contributed by atoms with Crippen LogP contribution in [0.2, 0.25) is 0 Å². The zero-order chi connectivity index (χ0) is 13.8. The predicted octanol–water partition coefficient (Wildman–Crippen LogP) is 2.23. The standard InChI is InChI=1S/C11H16F3NO3/c12-11(13,14)9(18)15-10(5-1-2-6-10)7-3-4-8(16)17/h1-7H2,(H,15,18)(H,16,17). The Morgan fingerprint density at radius 3 is 2.22 bits per heavy atom. The van der Waals surface area contributed by atoms with Crippen molar-refractivity contribution in [3.8, 4) is 0 Å². The quantitative estimate of drug-likeness (QED) is 0.802. The van der Waals surface area contributed by atoms with E-state index < -0.39 is 23.6 Å². The van der Waals surface area contributed by atoms with Crippen LogP contribution in [0.15, 0.2) is 0 Å². The van der Waals surface area contributed by atoms with Crippen molar-refractivity contribution in [3.05, 3.63) is 0 Å². The zero-order valence-corrected chi connectivity index (χ0v) is 9.85. The number of carbonyl (C=O) groups excluding carboxylic acids is 1. The van der Waals surface area contributed by atoms with Gasteiger partial charge in [-0.15, -0.1) is 0 Å². The Hall–Kier alpha value is -1.27. The maximum Gasteiger partial charge on any atom is 0.471 e. The van der Waals surface area contributed by atoms with Gasteiger partial charge in [-0.2, -0.15) is 13.2 Å². The molecule has 2 N–H and O–H groups in total. The first-order valence-corrected chi connectivity index (χ1v) is 5.86. The Balaban J connectivity index is 2.58. The van der Waals surface area contributed by atoms with Crippen molar-refractivity contribution >= 4 is 11.9 Å². The molecule has 0 aliphatic heterocycles. The van der Waals surface area contributed by atoms with Gasteiger partial charge in [-0.1, -0.05) is 12.8 Å². The third-order valence-electron chi connectivity index (χ3n) is 3.24. The van der Waals surface area contributed by atoms with E-state index in [0.717, 1.165) is 12.8 Å². The highest BCUT2D eigenvalue weighted by molar-refractivity contribution is 5.82. The predicted molar refractivity (Wildman–Crippen MR) is 56.9 cm³/mol. The molecule has 1 amide bonds. The molecule has 1 saturated carbocycles. The van der Waals surface area contributed by atoms with Crippen LogP contribution in [0, 0.1) is 0 Å². The number of hydrogen-bond acceptors (Lipinski definition) is 2. The number of amides is 1. The van der Waals surface area contributed by atoms with Crippen LogP contribution in [-0.4, -0.2) is 28.7 Å². The molecule has 1 fully saturated rings. The number of rotatable bonds is 5. The number of alkyl halides is 3. The molecule has 1 rings (SSSR count). The number of nitrogens with one attached hydrogen (secondary N) is 1. The van der Waals surface area contributed by atoms with Crippen molar-refractivity contribution in [1.29, 1.82) is 0 Å². The minimum atomic E-state index is -4.89. The summed E-state index contributed by atoms with van der Waals surface area (Å²) in [5.74, 6) is -2.91. The number of hydrogen-bond donors (Lipinski definition) is 2. The highest BCUT2D eigenvalue weighted by atomic mass is 19.4. The average Bonchev–Trinajstić information content (AvgIpc) is 2.64. The molecule has 4 nitrogen and oxygen atoms in total. The molecule has 0 radical (unpaired) electrons. The van der Waals surface area contributed by atoms with E-state index in [9.17, 15) is 22.8 Å². The molecule has 104 valence electrons. The molecule has 0 spiro atoms. The van der Waals surface area contributed by atoms with Gasteiger partial charge >= 0.3 is 18.1 Å². The van der Waals surface area contributed by atoms with E-state index in [4.69, 9.17) is 5.11 Å². The van der Waals surface area contributed by atoms with Gasteiger partial charge in [0.2, 0.25) is 0 Å². The summed E-state index contributed by atoms with van der Waals surface area (Å²) >= 11 is 0. The monoisotopic (exact) mass is 267 g/mol. The van der Waals surface area contributed by atoms with Crippen molar-refractivity contribution in [1.82, 2.24) is 5.32 Å². The number of carboxylic acids is 1. The highest BCUT2D eigenvalue weighted by Gasteiger charge is 2.44. The summed E-state index contributed by atoms with van der Waals surface area (Å²) in [6.45, 7) is 0. The first-order valence-electron chi connectivity index (χ1n) is 5.86. The molecule has 0 unspecified atom stereocenters. The Kier molecular flexibility index (Phi) is 4.59. The molecule has 0 aromatic carbocycles. The molecular formula is C11H16F3NO3. The van der Waals surface area contributed by atoms with E-state index in [-0.39, 0.29) is 19.3 Å². The molecule has 0 heterocycles. The van der Waals surface area contributed by atoms with Crippen LogP contribution >= 0.6 is 0 Å². The fourth-order valence-electron chi connectivity index (χ4n) is 2.38. The Labute approximate surface area is 103 Å². The highest BCUT2D eigenvalue weighted by Crippen LogP contribution is 2.35. The van der Waals surface area contributed by atoms with Crippen molar-refractivity contribution < 1.29 is 27.9 Å². The summed E-state index contributed by atoms with van der Waals surface area (Å²) in [7, 11) is 0. The van der Waals surface area contributed by atoms with Gasteiger partial charge in [0.15, 0.2) is 0 Å². The molecule has 7 heteroatoms. The topological polar surface area (TPSA) is 66.4 Å². The van der Waals surface area contributed by atoms with E-state index >= 15 is 0 Å². The van der Waals surface area contributed by atoms with Crippen LogP contribution < -0.4 is 5.32 Å². The second kappa shape index (κ2) is 5.58. The maximum absolute atomic E-state index is 12.2. The van der Waals surface area contributed by atoms with Crippen molar-refractivity contribution in [3.63, 3.8) is 0 Å². The molecular weight excluding hydrogens is 251 g/mol. The van der Waals surface area contributed by atoms with Crippen molar-refractivity contribution in [2.45, 2.75) is 56.7 Å². The van der Waals surface area contributed by atoms with Crippen molar-refractivity contribution in [2.24, 2.45) is 0 Å². The summed E-state index contributed by atoms with van der Waals surface area (Å²) in [6, 6.07) is 0. The van der Waals surface area contributed by atoms with Crippen LogP contribution in [0.5, 0.6) is 0 Å². The molecule has 0 aromatic heterocycles. The van der Waals surface area contributed by atoms with Gasteiger partial charge in [0.25, 0.3) is 0 Å². The Morgan fingerprint density at radius 1 is 1.22 bits per heavy atom. The number of aliphatic carboxylic acids is 1. The molecule has 1 aliphatic carbocycles. The van der Waals surface area contributed by atoms with Crippen LogP contribution in [0.3, 0.4) is 0 Å². The van der Waals surface area contributed by atoms with E-state index in [1.807, 2.05) is 5.32 Å². The maximum atomic E-state index is 12.2. The normalized spacial score (nSPS) is 18.6. The lowest BCUT2D eigenvalue weighted by molar-refractivity contribution is -0.175. The summed E-state index contributed by atoms with van der Waals surface area (Å²) in [5.41, 5.74) is -0.873. The lowest BCUT2D eigenvalue weighted by atomic mass is 9.90. The smallest absolute Gasteiger partial charge is 0.471 e. The van der Waals surface area contributed by atoms with E-state index in [1.165, 1.54) is 0 Å². The molecule has 0 aromatic rings. The minimum Gasteiger partial charge on any atom is -0.481 e. The lowest BCUT2D eigenvalue weighted by Gasteiger charge is -2.30. The van der Waals surface area contributed by atoms with Crippen LogP contribution in [-0.2, 0) is 9.59 Å². The number of carbonyl (C=O) groups is 2. The van der Waals surface area contributed by atoms with Crippen LogP contribution in [0.4, 0.5) is 13.2 Å². The third kappa shape index (κ3) is 4.19. The molecule has 0 saturated heterocycles. The first kappa shape index (κ1) is 14.8. The minimum absolute atomic E-state index is 0.0936. The van der Waals surface area contributed by atoms with Gasteiger partial charge < -0.3 is 10.4 Å². The van der Waals surface area contributed by atoms with Gasteiger partial charge in [-0.25, -0.2) is 0 Å². The van der Waals surface area contributed by atoms with Crippen LogP contribution in [0.1, 0.15) is 44.9 Å². The molecule has 0 bridgehead atoms. The average molecular weight is 267 g/mol. The SMILES string of the molecule is O=C(O)CCCC1(NC(=O)C(F)(F)F)CCCC1. The largest absolute Gasteiger partial charge is 0.481 e. The summed E-state index contributed by atoms with van der Waals surface area (Å²) in [5, 5.41) is 10.6. The van der Waals surface area contributed by atoms with Gasteiger partial charge in [0.05, 0.1) is 0 Å². The van der Waals surface area contributed by atoms with Gasteiger partial charge in [-0.3, -0.25) is 9.59 Å². The van der Waals surface area contributed by atoms with Gasteiger partial charge in [-0.05, 0) is 25.7 Å². The number of halogens is 3. The third-order valence-corrected chi connectivity index (χ3v) is 3.24. The fraction of sp³-hybridized carbons (Fsp3) is 0.818. The van der Waals surface area contributed by atoms with Gasteiger partial charge in [0.1, 0.15) is 0 Å². The summed E-state index contributed by atoms with van der Waals surface area (Å²) in [4.78, 5) is 21.4. The second-order valence-electron chi connectivity index (χ2n) is 4.69. The van der Waals surface area contributed by atoms with E-state index in [0.29, 0.717) is 12.8 Å². The van der Waals surface area contributed by atoms with Crippen molar-refractivity contribution in [2.75, 3.05) is 0 Å². The van der Waals surface area contributed by atoms with Crippen LogP contribution in [0.25, 0.3) is 0 Å². The lowest BCUT2D eigenvalue weighted by Crippen LogP contribution is -2.51. The second-order valence-corrected chi connectivity index (χ2v) is 4.69. The van der Waals surface area contributed by atoms with Gasteiger partial charge in [0, 0.05) is 12.0 Å². The first-order chi connectivity index (χ1) is 8.25. The molecule has 1 aliphatic rings. The Morgan fingerprint density at radius 2 is 1.78 bits per heavy atom. The zero-order valence-electron chi connectivity index (χ0n) is 9.85. The number of carboxylic acid groups (broad SMARTS) is 1. The molecule has 18 heavy (non-hydrogen) atoms. The van der Waals surface area contributed by atoms with E-state index in [2.05, 4.69) is 0 Å². The Bertz CT molecular complexity index is 322. The summed E-state index contributed by atoms with van der Waals surface area (Å²) < 4.78 is 36.7. The summed E-state index contributed by atoms with van der Waals surface area (Å²) in [6.07, 6.45) is -1.96. The van der Waals surface area contributed by atoms with E-state index in [1.54, 1.807) is 0 Å². The molecule has 0 atom stereocenters.